The van der Waals surface area contributed by atoms with Crippen molar-refractivity contribution in [2.45, 2.75) is 37.5 Å². The fourth-order valence-corrected chi connectivity index (χ4v) is 5.91. The molecule has 1 aliphatic heterocycles. The van der Waals surface area contributed by atoms with Crippen LogP contribution in [0.1, 0.15) is 59.1 Å². The lowest BCUT2D eigenvalue weighted by Gasteiger charge is -2.28. The Bertz CT molecular complexity index is 1330. The molecule has 1 aliphatic carbocycles. The number of ether oxygens (including phenoxy) is 2. The largest absolute Gasteiger partial charge is 0.493 e. The number of hydrogen-bond donors (Lipinski definition) is 0. The first-order valence-electron chi connectivity index (χ1n) is 12.6. The summed E-state index contributed by atoms with van der Waals surface area (Å²) in [5.41, 5.74) is 1.68. The van der Waals surface area contributed by atoms with Crippen LogP contribution >= 0.6 is 11.8 Å². The number of aromatic nitrogens is 1. The van der Waals surface area contributed by atoms with Gasteiger partial charge in [0, 0.05) is 23.2 Å². The molecule has 0 bridgehead atoms. The van der Waals surface area contributed by atoms with Gasteiger partial charge >= 0.3 is 0 Å². The number of carbonyl (C=O) groups excluding carboxylic acids is 2. The summed E-state index contributed by atoms with van der Waals surface area (Å²) in [5, 5.41) is 6.32. The molecule has 2 heterocycles. The maximum Gasteiger partial charge on any atom is 0.247 e. The van der Waals surface area contributed by atoms with E-state index in [1.165, 1.54) is 36.0 Å². The zero-order valence-electron chi connectivity index (χ0n) is 21.0. The number of pyridine rings is 1. The number of Topliss-reactive ketones (excluding diaryl/α,β-unsaturated/α-hetero) is 1. The monoisotopic (exact) mass is 533 g/mol. The third-order valence-electron chi connectivity index (χ3n) is 6.71. The van der Waals surface area contributed by atoms with E-state index in [1.54, 1.807) is 42.6 Å². The number of benzene rings is 2. The molecule has 9 heteroatoms. The summed E-state index contributed by atoms with van der Waals surface area (Å²) in [6, 6.07) is 16.6. The summed E-state index contributed by atoms with van der Waals surface area (Å²) in [4.78, 5) is 30.6. The van der Waals surface area contributed by atoms with Gasteiger partial charge in [-0.2, -0.15) is 5.10 Å². The van der Waals surface area contributed by atoms with Crippen LogP contribution in [-0.2, 0) is 4.79 Å². The van der Waals surface area contributed by atoms with Gasteiger partial charge in [0.15, 0.2) is 18.1 Å². The van der Waals surface area contributed by atoms with Crippen molar-refractivity contribution in [3.63, 3.8) is 0 Å². The number of amides is 1. The third kappa shape index (κ3) is 5.57. The van der Waals surface area contributed by atoms with Gasteiger partial charge in [0.1, 0.15) is 21.9 Å². The summed E-state index contributed by atoms with van der Waals surface area (Å²) in [7, 11) is 1.53. The van der Waals surface area contributed by atoms with E-state index in [9.17, 15) is 14.0 Å². The molecule has 1 fully saturated rings. The molecular weight excluding hydrogens is 505 g/mol. The van der Waals surface area contributed by atoms with Gasteiger partial charge in [-0.05, 0) is 55.3 Å². The minimum atomic E-state index is -0.542. The number of hydrogen-bond acceptors (Lipinski definition) is 7. The van der Waals surface area contributed by atoms with Crippen molar-refractivity contribution >= 4 is 28.5 Å². The van der Waals surface area contributed by atoms with Crippen molar-refractivity contribution < 1.29 is 23.5 Å². The van der Waals surface area contributed by atoms with Gasteiger partial charge in [-0.15, -0.1) is 0 Å². The fourth-order valence-electron chi connectivity index (χ4n) is 4.73. The minimum absolute atomic E-state index is 0.0438. The third-order valence-corrected chi connectivity index (χ3v) is 7.93. The number of methoxy groups -OCH3 is 1. The summed E-state index contributed by atoms with van der Waals surface area (Å²) >= 11 is 1.39. The summed E-state index contributed by atoms with van der Waals surface area (Å²) in [5.74, 6) is 0.0394. The zero-order valence-corrected chi connectivity index (χ0v) is 21.8. The molecule has 2 aromatic carbocycles. The van der Waals surface area contributed by atoms with Gasteiger partial charge < -0.3 is 9.47 Å². The van der Waals surface area contributed by atoms with E-state index in [1.807, 2.05) is 12.1 Å². The molecule has 7 nitrogen and oxygen atoms in total. The van der Waals surface area contributed by atoms with E-state index >= 15 is 0 Å². The maximum absolute atomic E-state index is 13.7. The first-order chi connectivity index (χ1) is 18.5. The highest BCUT2D eigenvalue weighted by atomic mass is 32.2. The number of thioether (sulfide) groups is 1. The molecule has 0 N–H and O–H groups in total. The van der Waals surface area contributed by atoms with Gasteiger partial charge in [-0.3, -0.25) is 14.6 Å². The van der Waals surface area contributed by atoms with Crippen molar-refractivity contribution in [2.24, 2.45) is 11.0 Å². The molecule has 1 amide bonds. The zero-order chi connectivity index (χ0) is 26.5. The Balaban J connectivity index is 1.48. The van der Waals surface area contributed by atoms with Crippen LogP contribution in [0.5, 0.6) is 11.5 Å². The van der Waals surface area contributed by atoms with Gasteiger partial charge in [0.2, 0.25) is 11.7 Å². The van der Waals surface area contributed by atoms with Gasteiger partial charge in [0.05, 0.1) is 7.11 Å². The molecular formula is C29H28FN3O4S. The van der Waals surface area contributed by atoms with Crippen LogP contribution in [0.15, 0.2) is 72.0 Å². The Labute approximate surface area is 225 Å². The van der Waals surface area contributed by atoms with Crippen LogP contribution < -0.4 is 9.47 Å². The van der Waals surface area contributed by atoms with Gasteiger partial charge in [0.25, 0.3) is 0 Å². The number of nitrogens with zero attached hydrogens (tertiary/aromatic N) is 3. The fraction of sp³-hybridized carbons (Fsp3) is 0.310. The highest BCUT2D eigenvalue weighted by Gasteiger charge is 2.39. The molecule has 3 aromatic rings. The molecule has 1 unspecified atom stereocenters. The van der Waals surface area contributed by atoms with E-state index in [-0.39, 0.29) is 30.0 Å². The number of rotatable bonds is 8. The van der Waals surface area contributed by atoms with Gasteiger partial charge in [-0.1, -0.05) is 49.2 Å². The molecule has 1 aromatic heterocycles. The van der Waals surface area contributed by atoms with Crippen molar-refractivity contribution in [1.82, 2.24) is 9.99 Å². The van der Waals surface area contributed by atoms with E-state index in [2.05, 4.69) is 4.98 Å². The highest BCUT2D eigenvalue weighted by molar-refractivity contribution is 8.14. The first kappa shape index (κ1) is 25.9. The molecule has 1 saturated carbocycles. The number of ketones is 1. The van der Waals surface area contributed by atoms with Crippen molar-refractivity contribution in [1.29, 1.82) is 0 Å². The Hall–Kier alpha value is -3.72. The maximum atomic E-state index is 13.7. The second kappa shape index (κ2) is 11.8. The average molecular weight is 534 g/mol. The molecule has 0 spiro atoms. The predicted octanol–water partition coefficient (Wildman–Crippen LogP) is 6.01. The van der Waals surface area contributed by atoms with Crippen molar-refractivity contribution in [3.8, 4) is 11.5 Å². The molecule has 0 radical (unpaired) electrons. The lowest BCUT2D eigenvalue weighted by Crippen LogP contribution is -2.33. The molecule has 2 aliphatic rings. The van der Waals surface area contributed by atoms with E-state index < -0.39 is 5.37 Å². The van der Waals surface area contributed by atoms with Crippen LogP contribution in [0, 0.1) is 11.7 Å². The summed E-state index contributed by atoms with van der Waals surface area (Å²) in [6.45, 7) is -0.246. The van der Waals surface area contributed by atoms with Crippen LogP contribution in [0.25, 0.3) is 0 Å². The van der Waals surface area contributed by atoms with Crippen molar-refractivity contribution in [3.05, 3.63) is 89.5 Å². The Morgan fingerprint density at radius 1 is 1.03 bits per heavy atom. The standard InChI is InChI=1S/C29H28FN3O4S/c1-36-25-12-7-10-22(26(25)37-18-24(34)23-11-5-6-17-31-23)29-33(28(35)20-8-3-2-4-9-20)32-27(38-29)19-13-15-21(30)16-14-19/h5-7,10-17,20,29H,2-4,8-9,18H2,1H3. The van der Waals surface area contributed by atoms with Crippen LogP contribution in [-0.4, -0.2) is 40.4 Å². The molecule has 1 atom stereocenters. The second-order valence-corrected chi connectivity index (χ2v) is 10.3. The molecule has 196 valence electrons. The smallest absolute Gasteiger partial charge is 0.247 e. The Kier molecular flexibility index (Phi) is 8.03. The van der Waals surface area contributed by atoms with E-state index in [4.69, 9.17) is 14.6 Å². The quantitative estimate of drug-likeness (QED) is 0.330. The highest BCUT2D eigenvalue weighted by Crippen LogP contribution is 2.48. The van der Waals surface area contributed by atoms with E-state index in [0.29, 0.717) is 27.8 Å². The normalized spacial score (nSPS) is 17.7. The number of para-hydroxylation sites is 1. The molecule has 5 rings (SSSR count). The SMILES string of the molecule is COc1cccc(C2SC(c3ccc(F)cc3)=NN2C(=O)C2CCCCC2)c1OCC(=O)c1ccccn1. The predicted molar refractivity (Wildman–Crippen MR) is 144 cm³/mol. The van der Waals surface area contributed by atoms with Crippen LogP contribution in [0.3, 0.4) is 0 Å². The lowest BCUT2D eigenvalue weighted by atomic mass is 9.88. The van der Waals surface area contributed by atoms with Crippen LogP contribution in [0.2, 0.25) is 0 Å². The molecule has 0 saturated heterocycles. The first-order valence-corrected chi connectivity index (χ1v) is 13.5. The average Bonchev–Trinajstić information content (AvgIpc) is 3.42. The number of carbonyl (C=O) groups is 2. The number of hydrazone groups is 1. The van der Waals surface area contributed by atoms with Crippen molar-refractivity contribution in [2.75, 3.05) is 13.7 Å². The minimum Gasteiger partial charge on any atom is -0.493 e. The number of halogens is 1. The Morgan fingerprint density at radius 3 is 2.53 bits per heavy atom. The summed E-state index contributed by atoms with van der Waals surface area (Å²) < 4.78 is 25.2. The lowest BCUT2D eigenvalue weighted by molar-refractivity contribution is -0.137. The van der Waals surface area contributed by atoms with Crippen LogP contribution in [0.4, 0.5) is 4.39 Å². The molecule has 38 heavy (non-hydrogen) atoms. The second-order valence-electron chi connectivity index (χ2n) is 9.21. The van der Waals surface area contributed by atoms with Gasteiger partial charge in [-0.25, -0.2) is 9.40 Å². The Morgan fingerprint density at radius 2 is 1.82 bits per heavy atom. The topological polar surface area (TPSA) is 81.1 Å². The summed E-state index contributed by atoms with van der Waals surface area (Å²) in [6.07, 6.45) is 6.37. The van der Waals surface area contributed by atoms with E-state index in [0.717, 1.165) is 37.7 Å².